The predicted molar refractivity (Wildman–Crippen MR) is 87.9 cm³/mol. The van der Waals surface area contributed by atoms with Crippen molar-refractivity contribution in [1.82, 2.24) is 0 Å². The highest BCUT2D eigenvalue weighted by molar-refractivity contribution is 5.91. The van der Waals surface area contributed by atoms with E-state index in [4.69, 9.17) is 10.00 Å². The van der Waals surface area contributed by atoms with Gasteiger partial charge < -0.3 is 4.74 Å². The first kappa shape index (κ1) is 16.3. The van der Waals surface area contributed by atoms with Crippen LogP contribution in [-0.2, 0) is 0 Å². The van der Waals surface area contributed by atoms with Gasteiger partial charge in [-0.15, -0.1) is 0 Å². The lowest BCUT2D eigenvalue weighted by molar-refractivity contribution is 0.0734. The second kappa shape index (κ2) is 6.93. The van der Waals surface area contributed by atoms with E-state index in [-0.39, 0.29) is 22.4 Å². The molecule has 3 rings (SSSR count). The summed E-state index contributed by atoms with van der Waals surface area (Å²) < 4.78 is 33.2. The molecule has 0 aliphatic carbocycles. The van der Waals surface area contributed by atoms with Gasteiger partial charge in [-0.05, 0) is 42.0 Å². The van der Waals surface area contributed by atoms with E-state index in [0.29, 0.717) is 5.56 Å². The number of rotatable bonds is 3. The Morgan fingerprint density at radius 1 is 0.920 bits per heavy atom. The van der Waals surface area contributed by atoms with Crippen LogP contribution >= 0.6 is 0 Å². The molecule has 122 valence electrons. The lowest BCUT2D eigenvalue weighted by atomic mass is 10.0. The van der Waals surface area contributed by atoms with Crippen LogP contribution in [0.5, 0.6) is 5.75 Å². The Morgan fingerprint density at radius 3 is 2.32 bits per heavy atom. The number of hydrogen-bond donors (Lipinski definition) is 0. The SMILES string of the molecule is N#Cc1ccc(-c2ccc(OC(=O)c3ccccc3)cc2F)cc1F. The zero-order valence-electron chi connectivity index (χ0n) is 12.9. The molecule has 0 saturated carbocycles. The molecule has 0 saturated heterocycles. The molecular weight excluding hydrogens is 324 g/mol. The number of carbonyl (C=O) groups is 1. The molecule has 0 aliphatic heterocycles. The highest BCUT2D eigenvalue weighted by Crippen LogP contribution is 2.28. The molecule has 5 heteroatoms. The summed E-state index contributed by atoms with van der Waals surface area (Å²) in [5, 5.41) is 8.74. The summed E-state index contributed by atoms with van der Waals surface area (Å²) in [5.74, 6) is -1.94. The maximum Gasteiger partial charge on any atom is 0.343 e. The van der Waals surface area contributed by atoms with Crippen LogP contribution < -0.4 is 4.74 Å². The van der Waals surface area contributed by atoms with Gasteiger partial charge in [0.15, 0.2) is 0 Å². The zero-order chi connectivity index (χ0) is 17.8. The van der Waals surface area contributed by atoms with Gasteiger partial charge in [-0.1, -0.05) is 24.3 Å². The summed E-state index contributed by atoms with van der Waals surface area (Å²) in [6.07, 6.45) is 0. The number of nitriles is 1. The summed E-state index contributed by atoms with van der Waals surface area (Å²) in [6.45, 7) is 0. The first-order valence-corrected chi connectivity index (χ1v) is 7.35. The van der Waals surface area contributed by atoms with Gasteiger partial charge in [-0.25, -0.2) is 13.6 Å². The van der Waals surface area contributed by atoms with E-state index in [1.165, 1.54) is 24.3 Å². The summed E-state index contributed by atoms with van der Waals surface area (Å²) in [6, 6.07) is 17.8. The molecule has 0 N–H and O–H groups in total. The molecule has 0 amide bonds. The van der Waals surface area contributed by atoms with Crippen LogP contribution in [-0.4, -0.2) is 5.97 Å². The number of ether oxygens (including phenoxy) is 1. The largest absolute Gasteiger partial charge is 0.423 e. The van der Waals surface area contributed by atoms with E-state index in [9.17, 15) is 13.6 Å². The Kier molecular flexibility index (Phi) is 4.53. The minimum Gasteiger partial charge on any atom is -0.423 e. The van der Waals surface area contributed by atoms with E-state index in [2.05, 4.69) is 0 Å². The van der Waals surface area contributed by atoms with Crippen molar-refractivity contribution in [2.45, 2.75) is 0 Å². The van der Waals surface area contributed by atoms with Crippen LogP contribution in [0.3, 0.4) is 0 Å². The molecule has 0 bridgehead atoms. The van der Waals surface area contributed by atoms with Gasteiger partial charge in [0.05, 0.1) is 11.1 Å². The number of nitrogens with zero attached hydrogens (tertiary/aromatic N) is 1. The van der Waals surface area contributed by atoms with Gasteiger partial charge in [0, 0.05) is 11.6 Å². The van der Waals surface area contributed by atoms with Crippen molar-refractivity contribution >= 4 is 5.97 Å². The molecule has 0 fully saturated rings. The van der Waals surface area contributed by atoms with E-state index in [1.54, 1.807) is 36.4 Å². The molecule has 0 atom stereocenters. The monoisotopic (exact) mass is 335 g/mol. The third kappa shape index (κ3) is 3.54. The second-order valence-electron chi connectivity index (χ2n) is 5.20. The third-order valence-electron chi connectivity index (χ3n) is 3.56. The van der Waals surface area contributed by atoms with Crippen molar-refractivity contribution in [2.24, 2.45) is 0 Å². The summed E-state index contributed by atoms with van der Waals surface area (Å²) in [7, 11) is 0. The van der Waals surface area contributed by atoms with Gasteiger partial charge in [0.2, 0.25) is 0 Å². The van der Waals surface area contributed by atoms with Crippen molar-refractivity contribution < 1.29 is 18.3 Å². The maximum absolute atomic E-state index is 14.3. The van der Waals surface area contributed by atoms with Gasteiger partial charge in [-0.2, -0.15) is 5.26 Å². The molecule has 0 aliphatic rings. The van der Waals surface area contributed by atoms with Crippen LogP contribution in [0.2, 0.25) is 0 Å². The second-order valence-corrected chi connectivity index (χ2v) is 5.20. The highest BCUT2D eigenvalue weighted by Gasteiger charge is 2.12. The van der Waals surface area contributed by atoms with Gasteiger partial charge in [-0.3, -0.25) is 0 Å². The first-order chi connectivity index (χ1) is 12.1. The van der Waals surface area contributed by atoms with Crippen molar-refractivity contribution in [3.63, 3.8) is 0 Å². The molecule has 3 aromatic carbocycles. The molecule has 3 nitrogen and oxygen atoms in total. The Morgan fingerprint density at radius 2 is 1.68 bits per heavy atom. The number of benzene rings is 3. The molecule has 0 unspecified atom stereocenters. The minimum absolute atomic E-state index is 0.0456. The fraction of sp³-hybridized carbons (Fsp3) is 0. The van der Waals surface area contributed by atoms with E-state index in [1.807, 2.05) is 0 Å². The van der Waals surface area contributed by atoms with Crippen molar-refractivity contribution in [3.8, 4) is 22.9 Å². The normalized spacial score (nSPS) is 10.1. The smallest absolute Gasteiger partial charge is 0.343 e. The molecule has 0 aromatic heterocycles. The number of halogens is 2. The summed E-state index contributed by atoms with van der Waals surface area (Å²) in [4.78, 5) is 12.0. The van der Waals surface area contributed by atoms with Crippen LogP contribution in [0.4, 0.5) is 8.78 Å². The fourth-order valence-corrected chi connectivity index (χ4v) is 2.31. The Bertz CT molecular complexity index is 979. The topological polar surface area (TPSA) is 50.1 Å². The highest BCUT2D eigenvalue weighted by atomic mass is 19.1. The first-order valence-electron chi connectivity index (χ1n) is 7.35. The van der Waals surface area contributed by atoms with Crippen LogP contribution in [0, 0.1) is 23.0 Å². The maximum atomic E-state index is 14.3. The molecule has 0 radical (unpaired) electrons. The zero-order valence-corrected chi connectivity index (χ0v) is 12.9. The summed E-state index contributed by atoms with van der Waals surface area (Å²) in [5.41, 5.74) is 0.663. The summed E-state index contributed by atoms with van der Waals surface area (Å²) >= 11 is 0. The van der Waals surface area contributed by atoms with E-state index >= 15 is 0 Å². The van der Waals surface area contributed by atoms with Gasteiger partial charge in [0.1, 0.15) is 23.5 Å². The Balaban J connectivity index is 1.85. The van der Waals surface area contributed by atoms with E-state index in [0.717, 1.165) is 12.1 Å². The molecule has 0 spiro atoms. The molecule has 0 heterocycles. The van der Waals surface area contributed by atoms with Gasteiger partial charge >= 0.3 is 5.97 Å². The van der Waals surface area contributed by atoms with Crippen LogP contribution in [0.25, 0.3) is 11.1 Å². The fourth-order valence-electron chi connectivity index (χ4n) is 2.31. The number of hydrogen-bond acceptors (Lipinski definition) is 3. The lowest BCUT2D eigenvalue weighted by Gasteiger charge is -2.08. The minimum atomic E-state index is -0.723. The Hall–Kier alpha value is -3.52. The quantitative estimate of drug-likeness (QED) is 0.514. The van der Waals surface area contributed by atoms with E-state index < -0.39 is 17.6 Å². The Labute approximate surface area is 142 Å². The predicted octanol–water partition coefficient (Wildman–Crippen LogP) is 4.72. The molecule has 3 aromatic rings. The van der Waals surface area contributed by atoms with Gasteiger partial charge in [0.25, 0.3) is 0 Å². The van der Waals surface area contributed by atoms with Crippen molar-refractivity contribution in [3.05, 3.63) is 89.5 Å². The average molecular weight is 335 g/mol. The molecular formula is C20H11F2NO2. The average Bonchev–Trinajstić information content (AvgIpc) is 2.62. The number of carbonyl (C=O) groups excluding carboxylic acids is 1. The lowest BCUT2D eigenvalue weighted by Crippen LogP contribution is -2.08. The van der Waals surface area contributed by atoms with Crippen LogP contribution in [0.1, 0.15) is 15.9 Å². The number of esters is 1. The van der Waals surface area contributed by atoms with Crippen LogP contribution in [0.15, 0.2) is 66.7 Å². The van der Waals surface area contributed by atoms with Crippen molar-refractivity contribution in [2.75, 3.05) is 0 Å². The standard InChI is InChI=1S/C20H11F2NO2/c21-18-10-14(6-7-15(18)12-23)17-9-8-16(11-19(17)22)25-20(24)13-4-2-1-3-5-13/h1-11H. The molecule has 25 heavy (non-hydrogen) atoms. The van der Waals surface area contributed by atoms with Crippen molar-refractivity contribution in [1.29, 1.82) is 5.26 Å². The third-order valence-corrected chi connectivity index (χ3v) is 3.56.